The Morgan fingerprint density at radius 3 is 2.20 bits per heavy atom. The third-order valence-electron chi connectivity index (χ3n) is 2.46. The number of benzene rings is 1. The molecule has 1 rings (SSSR count). The maximum Gasteiger partial charge on any atom is 0.270 e. The Labute approximate surface area is 88.7 Å². The van der Waals surface area contributed by atoms with Crippen LogP contribution in [0.5, 0.6) is 5.75 Å². The summed E-state index contributed by atoms with van der Waals surface area (Å²) in [7, 11) is 0. The maximum absolute atomic E-state index is 13.3. The highest BCUT2D eigenvalue weighted by Crippen LogP contribution is 2.36. The molecule has 15 heavy (non-hydrogen) atoms. The Morgan fingerprint density at radius 2 is 1.80 bits per heavy atom. The lowest BCUT2D eigenvalue weighted by Crippen LogP contribution is -2.12. The smallest absolute Gasteiger partial charge is 0.270 e. The number of aryl methyl sites for hydroxylation is 1. The van der Waals surface area contributed by atoms with Gasteiger partial charge < -0.3 is 5.11 Å². The summed E-state index contributed by atoms with van der Waals surface area (Å²) in [4.78, 5) is 0. The van der Waals surface area contributed by atoms with E-state index >= 15 is 0 Å². The van der Waals surface area contributed by atoms with Crippen molar-refractivity contribution in [2.75, 3.05) is 0 Å². The van der Waals surface area contributed by atoms with Gasteiger partial charge in [0.1, 0.15) is 5.75 Å². The SMILES string of the molecule is Cc1cc(C(C)(F)F)c(C(C)C)cc1O. The molecule has 0 amide bonds. The lowest BCUT2D eigenvalue weighted by molar-refractivity contribution is 0.0162. The fraction of sp³-hybridized carbons (Fsp3) is 0.500. The fourth-order valence-electron chi connectivity index (χ4n) is 1.57. The van der Waals surface area contributed by atoms with Crippen LogP contribution in [0.3, 0.4) is 0 Å². The second-order valence-electron chi connectivity index (χ2n) is 4.27. The average Bonchev–Trinajstić information content (AvgIpc) is 2.06. The molecule has 0 aromatic heterocycles. The molecule has 0 saturated carbocycles. The van der Waals surface area contributed by atoms with Gasteiger partial charge in [-0.1, -0.05) is 13.8 Å². The predicted molar refractivity (Wildman–Crippen MR) is 56.5 cm³/mol. The van der Waals surface area contributed by atoms with Crippen molar-refractivity contribution < 1.29 is 13.9 Å². The number of rotatable bonds is 2. The molecule has 0 aliphatic carbocycles. The normalized spacial score (nSPS) is 12.2. The van der Waals surface area contributed by atoms with Gasteiger partial charge in [0.15, 0.2) is 0 Å². The zero-order chi connectivity index (χ0) is 11.8. The van der Waals surface area contributed by atoms with E-state index in [2.05, 4.69) is 0 Å². The molecule has 0 aliphatic heterocycles. The van der Waals surface area contributed by atoms with Crippen molar-refractivity contribution in [1.82, 2.24) is 0 Å². The van der Waals surface area contributed by atoms with Crippen molar-refractivity contribution in [2.45, 2.75) is 39.5 Å². The molecule has 0 bridgehead atoms. The topological polar surface area (TPSA) is 20.2 Å². The van der Waals surface area contributed by atoms with Gasteiger partial charge in [-0.25, -0.2) is 8.78 Å². The van der Waals surface area contributed by atoms with Crippen molar-refractivity contribution in [1.29, 1.82) is 0 Å². The molecular weight excluding hydrogens is 198 g/mol. The van der Waals surface area contributed by atoms with Crippen LogP contribution in [0.15, 0.2) is 12.1 Å². The molecule has 0 fully saturated rings. The van der Waals surface area contributed by atoms with Crippen LogP contribution in [-0.4, -0.2) is 5.11 Å². The maximum atomic E-state index is 13.3. The monoisotopic (exact) mass is 214 g/mol. The van der Waals surface area contributed by atoms with Crippen LogP contribution >= 0.6 is 0 Å². The van der Waals surface area contributed by atoms with E-state index in [0.717, 1.165) is 6.92 Å². The Balaban J connectivity index is 3.42. The minimum Gasteiger partial charge on any atom is -0.508 e. The van der Waals surface area contributed by atoms with E-state index in [4.69, 9.17) is 0 Å². The summed E-state index contributed by atoms with van der Waals surface area (Å²) in [5.41, 5.74) is 0.995. The summed E-state index contributed by atoms with van der Waals surface area (Å²) in [5.74, 6) is -2.82. The molecule has 1 nitrogen and oxygen atoms in total. The molecule has 0 radical (unpaired) electrons. The van der Waals surface area contributed by atoms with Crippen LogP contribution in [0.1, 0.15) is 43.4 Å². The van der Waals surface area contributed by atoms with Gasteiger partial charge in [-0.3, -0.25) is 0 Å². The summed E-state index contributed by atoms with van der Waals surface area (Å²) in [6.45, 7) is 6.16. The number of hydrogen-bond acceptors (Lipinski definition) is 1. The van der Waals surface area contributed by atoms with Crippen molar-refractivity contribution in [3.8, 4) is 5.75 Å². The van der Waals surface area contributed by atoms with Crippen molar-refractivity contribution in [3.05, 3.63) is 28.8 Å². The van der Waals surface area contributed by atoms with Gasteiger partial charge in [-0.15, -0.1) is 0 Å². The van der Waals surface area contributed by atoms with Crippen LogP contribution in [0.4, 0.5) is 8.78 Å². The van der Waals surface area contributed by atoms with E-state index in [9.17, 15) is 13.9 Å². The van der Waals surface area contributed by atoms with E-state index in [-0.39, 0.29) is 17.2 Å². The minimum absolute atomic E-state index is 0.00722. The lowest BCUT2D eigenvalue weighted by atomic mass is 9.92. The van der Waals surface area contributed by atoms with E-state index in [1.54, 1.807) is 6.92 Å². The largest absolute Gasteiger partial charge is 0.508 e. The molecule has 0 heterocycles. The van der Waals surface area contributed by atoms with E-state index in [0.29, 0.717) is 11.1 Å². The van der Waals surface area contributed by atoms with Crippen molar-refractivity contribution in [3.63, 3.8) is 0 Å². The van der Waals surface area contributed by atoms with E-state index in [1.807, 2.05) is 13.8 Å². The molecule has 0 aliphatic rings. The van der Waals surface area contributed by atoms with Crippen LogP contribution in [0.25, 0.3) is 0 Å². The standard InChI is InChI=1S/C12H16F2O/c1-7(2)9-6-11(15)8(3)5-10(9)12(4,13)14/h5-7,15H,1-4H3. The minimum atomic E-state index is -2.86. The van der Waals surface area contributed by atoms with Crippen LogP contribution in [-0.2, 0) is 5.92 Å². The molecule has 1 N–H and O–H groups in total. The number of halogens is 2. The first-order valence-electron chi connectivity index (χ1n) is 4.95. The van der Waals surface area contributed by atoms with Gasteiger partial charge in [0.2, 0.25) is 0 Å². The van der Waals surface area contributed by atoms with Gasteiger partial charge in [0, 0.05) is 12.5 Å². The lowest BCUT2D eigenvalue weighted by Gasteiger charge is -2.19. The highest BCUT2D eigenvalue weighted by Gasteiger charge is 2.29. The quantitative estimate of drug-likeness (QED) is 0.790. The van der Waals surface area contributed by atoms with E-state index < -0.39 is 5.92 Å². The molecule has 1 aromatic rings. The van der Waals surface area contributed by atoms with Gasteiger partial charge in [-0.05, 0) is 36.1 Å². The summed E-state index contributed by atoms with van der Waals surface area (Å²) < 4.78 is 26.6. The highest BCUT2D eigenvalue weighted by atomic mass is 19.3. The van der Waals surface area contributed by atoms with Crippen LogP contribution in [0, 0.1) is 6.92 Å². The molecule has 3 heteroatoms. The van der Waals surface area contributed by atoms with Crippen molar-refractivity contribution in [2.24, 2.45) is 0 Å². The van der Waals surface area contributed by atoms with Crippen LogP contribution < -0.4 is 0 Å². The third kappa shape index (κ3) is 2.46. The Hall–Kier alpha value is -1.12. The molecule has 0 spiro atoms. The predicted octanol–water partition coefficient (Wildman–Crippen LogP) is 3.94. The number of phenolic OH excluding ortho intramolecular Hbond substituents is 1. The molecule has 0 unspecified atom stereocenters. The van der Waals surface area contributed by atoms with Crippen molar-refractivity contribution >= 4 is 0 Å². The summed E-state index contributed by atoms with van der Waals surface area (Å²) >= 11 is 0. The van der Waals surface area contributed by atoms with E-state index in [1.165, 1.54) is 12.1 Å². The second kappa shape index (κ2) is 3.80. The zero-order valence-corrected chi connectivity index (χ0v) is 9.44. The highest BCUT2D eigenvalue weighted by molar-refractivity contribution is 5.44. The molecule has 0 atom stereocenters. The Bertz CT molecular complexity index is 365. The summed E-state index contributed by atoms with van der Waals surface area (Å²) in [5, 5.41) is 9.49. The third-order valence-corrected chi connectivity index (χ3v) is 2.46. The van der Waals surface area contributed by atoms with Gasteiger partial charge in [-0.2, -0.15) is 0 Å². The summed E-state index contributed by atoms with van der Waals surface area (Å²) in [6, 6.07) is 2.80. The summed E-state index contributed by atoms with van der Waals surface area (Å²) in [6.07, 6.45) is 0. The van der Waals surface area contributed by atoms with Gasteiger partial charge >= 0.3 is 0 Å². The number of alkyl halides is 2. The number of phenols is 1. The molecule has 0 saturated heterocycles. The first-order valence-corrected chi connectivity index (χ1v) is 4.95. The first-order chi connectivity index (χ1) is 6.73. The first kappa shape index (κ1) is 12.0. The molecule has 84 valence electrons. The second-order valence-corrected chi connectivity index (χ2v) is 4.27. The van der Waals surface area contributed by atoms with Gasteiger partial charge in [0.05, 0.1) is 0 Å². The molecule has 1 aromatic carbocycles. The average molecular weight is 214 g/mol. The Morgan fingerprint density at radius 1 is 1.27 bits per heavy atom. The van der Waals surface area contributed by atoms with Crippen LogP contribution in [0.2, 0.25) is 0 Å². The zero-order valence-electron chi connectivity index (χ0n) is 9.44. The molecular formula is C12H16F2O. The Kier molecular flexibility index (Phi) is 3.03. The number of aromatic hydroxyl groups is 1. The fourth-order valence-corrected chi connectivity index (χ4v) is 1.57. The van der Waals surface area contributed by atoms with Gasteiger partial charge in [0.25, 0.3) is 5.92 Å². The number of hydrogen-bond donors (Lipinski definition) is 1.